The maximum Gasteiger partial charge on any atom is 0.270 e. The molecule has 1 atom stereocenters. The van der Waals surface area contributed by atoms with Gasteiger partial charge in [-0.3, -0.25) is 4.79 Å². The van der Waals surface area contributed by atoms with Crippen molar-refractivity contribution in [1.29, 1.82) is 0 Å². The molecule has 1 saturated heterocycles. The number of rotatable bonds is 5. The highest BCUT2D eigenvalue weighted by Gasteiger charge is 2.17. The van der Waals surface area contributed by atoms with Gasteiger partial charge in [0.05, 0.1) is 6.10 Å². The van der Waals surface area contributed by atoms with Crippen molar-refractivity contribution in [2.75, 3.05) is 18.5 Å². The van der Waals surface area contributed by atoms with Gasteiger partial charge in [0.1, 0.15) is 5.69 Å². The molecule has 1 fully saturated rings. The number of aryl methyl sites for hydroxylation is 2. The third-order valence-electron chi connectivity index (χ3n) is 4.12. The summed E-state index contributed by atoms with van der Waals surface area (Å²) < 4.78 is 5.51. The Morgan fingerprint density at radius 1 is 1.29 bits per heavy atom. The number of amides is 1. The summed E-state index contributed by atoms with van der Waals surface area (Å²) in [5, 5.41) is 6.08. The van der Waals surface area contributed by atoms with E-state index in [2.05, 4.69) is 20.6 Å². The molecule has 1 aliphatic rings. The summed E-state index contributed by atoms with van der Waals surface area (Å²) in [6.07, 6.45) is 3.74. The van der Waals surface area contributed by atoms with Crippen molar-refractivity contribution >= 4 is 17.5 Å². The zero-order chi connectivity index (χ0) is 16.9. The standard InChI is InChI=1S/C18H22N4O2/c1-12-5-3-6-13(2)16(12)22-18-19-9-8-15(21-18)17(23)20-11-14-7-4-10-24-14/h3,5-6,8-9,14H,4,7,10-11H2,1-2H3,(H,20,23)(H,19,21,22). The van der Waals surface area contributed by atoms with Crippen LogP contribution in [0.4, 0.5) is 11.6 Å². The van der Waals surface area contributed by atoms with Gasteiger partial charge >= 0.3 is 0 Å². The topological polar surface area (TPSA) is 76.1 Å². The fourth-order valence-corrected chi connectivity index (χ4v) is 2.77. The Morgan fingerprint density at radius 2 is 2.08 bits per heavy atom. The molecule has 1 aromatic carbocycles. The Labute approximate surface area is 141 Å². The lowest BCUT2D eigenvalue weighted by molar-refractivity contribution is 0.0853. The molecule has 1 unspecified atom stereocenters. The first-order chi connectivity index (χ1) is 11.6. The number of nitrogens with zero attached hydrogens (tertiary/aromatic N) is 2. The summed E-state index contributed by atoms with van der Waals surface area (Å²) in [7, 11) is 0. The number of carbonyl (C=O) groups is 1. The zero-order valence-electron chi connectivity index (χ0n) is 14.0. The fourth-order valence-electron chi connectivity index (χ4n) is 2.77. The van der Waals surface area contributed by atoms with Crippen LogP contribution in [-0.2, 0) is 4.74 Å². The third kappa shape index (κ3) is 3.89. The molecule has 1 aromatic heterocycles. The maximum atomic E-state index is 12.3. The first-order valence-electron chi connectivity index (χ1n) is 8.19. The predicted molar refractivity (Wildman–Crippen MR) is 92.5 cm³/mol. The first-order valence-corrected chi connectivity index (χ1v) is 8.19. The SMILES string of the molecule is Cc1cccc(C)c1Nc1nccc(C(=O)NCC2CCCO2)n1. The second kappa shape index (κ2) is 7.40. The van der Waals surface area contributed by atoms with Crippen molar-refractivity contribution in [3.63, 3.8) is 0 Å². The van der Waals surface area contributed by atoms with Crippen LogP contribution in [0, 0.1) is 13.8 Å². The Hall–Kier alpha value is -2.47. The molecule has 1 amide bonds. The Bertz CT molecular complexity index is 706. The van der Waals surface area contributed by atoms with Crippen molar-refractivity contribution in [3.8, 4) is 0 Å². The lowest BCUT2D eigenvalue weighted by Crippen LogP contribution is -2.32. The van der Waals surface area contributed by atoms with Crippen LogP contribution in [-0.4, -0.2) is 35.1 Å². The molecule has 6 heteroatoms. The van der Waals surface area contributed by atoms with Gasteiger partial charge in [-0.05, 0) is 43.9 Å². The summed E-state index contributed by atoms with van der Waals surface area (Å²) in [5.74, 6) is 0.203. The minimum Gasteiger partial charge on any atom is -0.376 e. The summed E-state index contributed by atoms with van der Waals surface area (Å²) in [6, 6.07) is 7.66. The van der Waals surface area contributed by atoms with Crippen LogP contribution in [0.15, 0.2) is 30.5 Å². The van der Waals surface area contributed by atoms with Crippen LogP contribution in [0.5, 0.6) is 0 Å². The predicted octanol–water partition coefficient (Wildman–Crippen LogP) is 2.75. The first kappa shape index (κ1) is 16.4. The zero-order valence-corrected chi connectivity index (χ0v) is 14.0. The highest BCUT2D eigenvalue weighted by atomic mass is 16.5. The van der Waals surface area contributed by atoms with Crippen molar-refractivity contribution in [2.24, 2.45) is 0 Å². The average Bonchev–Trinajstić information content (AvgIpc) is 3.10. The van der Waals surface area contributed by atoms with E-state index in [4.69, 9.17) is 4.74 Å². The van der Waals surface area contributed by atoms with Crippen LogP contribution in [0.1, 0.15) is 34.5 Å². The molecule has 2 N–H and O–H groups in total. The van der Waals surface area contributed by atoms with Gasteiger partial charge in [-0.2, -0.15) is 0 Å². The Balaban J connectivity index is 1.68. The lowest BCUT2D eigenvalue weighted by atomic mass is 10.1. The Morgan fingerprint density at radius 3 is 2.79 bits per heavy atom. The number of aromatic nitrogens is 2. The lowest BCUT2D eigenvalue weighted by Gasteiger charge is -2.12. The number of nitrogens with one attached hydrogen (secondary N) is 2. The molecule has 0 bridgehead atoms. The number of para-hydroxylation sites is 1. The summed E-state index contributed by atoms with van der Waals surface area (Å²) in [6.45, 7) is 5.33. The normalized spacial score (nSPS) is 16.8. The van der Waals surface area contributed by atoms with Gasteiger partial charge in [-0.1, -0.05) is 18.2 Å². The van der Waals surface area contributed by atoms with Crippen LogP contribution < -0.4 is 10.6 Å². The van der Waals surface area contributed by atoms with Crippen LogP contribution in [0.2, 0.25) is 0 Å². The number of anilines is 2. The molecule has 3 rings (SSSR count). The molecule has 6 nitrogen and oxygen atoms in total. The van der Waals surface area contributed by atoms with Crippen molar-refractivity contribution in [2.45, 2.75) is 32.8 Å². The van der Waals surface area contributed by atoms with Crippen LogP contribution in [0.3, 0.4) is 0 Å². The van der Waals surface area contributed by atoms with Gasteiger partial charge in [0, 0.05) is 25.0 Å². The summed E-state index contributed by atoms with van der Waals surface area (Å²) in [4.78, 5) is 20.8. The highest BCUT2D eigenvalue weighted by Crippen LogP contribution is 2.22. The molecular weight excluding hydrogens is 304 g/mol. The molecule has 0 aliphatic carbocycles. The van der Waals surface area contributed by atoms with E-state index >= 15 is 0 Å². The number of benzene rings is 1. The van der Waals surface area contributed by atoms with E-state index in [0.29, 0.717) is 18.2 Å². The smallest absolute Gasteiger partial charge is 0.270 e. The second-order valence-corrected chi connectivity index (χ2v) is 6.00. The van der Waals surface area contributed by atoms with Gasteiger partial charge in [0.2, 0.25) is 5.95 Å². The van der Waals surface area contributed by atoms with E-state index in [1.165, 1.54) is 0 Å². The quantitative estimate of drug-likeness (QED) is 0.883. The van der Waals surface area contributed by atoms with Crippen molar-refractivity contribution in [3.05, 3.63) is 47.3 Å². The molecule has 1 aliphatic heterocycles. The monoisotopic (exact) mass is 326 g/mol. The molecule has 0 radical (unpaired) electrons. The van der Waals surface area contributed by atoms with E-state index in [1.54, 1.807) is 12.3 Å². The summed E-state index contributed by atoms with van der Waals surface area (Å²) >= 11 is 0. The van der Waals surface area contributed by atoms with E-state index < -0.39 is 0 Å². The largest absolute Gasteiger partial charge is 0.376 e. The molecule has 2 aromatic rings. The highest BCUT2D eigenvalue weighted by molar-refractivity contribution is 5.92. The molecule has 126 valence electrons. The van der Waals surface area contributed by atoms with Crippen molar-refractivity contribution in [1.82, 2.24) is 15.3 Å². The summed E-state index contributed by atoms with van der Waals surface area (Å²) in [5.41, 5.74) is 3.52. The number of hydrogen-bond donors (Lipinski definition) is 2. The molecule has 0 saturated carbocycles. The van der Waals surface area contributed by atoms with Crippen LogP contribution in [0.25, 0.3) is 0 Å². The average molecular weight is 326 g/mol. The van der Waals surface area contributed by atoms with E-state index in [-0.39, 0.29) is 12.0 Å². The number of carbonyl (C=O) groups excluding carboxylic acids is 1. The maximum absolute atomic E-state index is 12.3. The van der Waals surface area contributed by atoms with Gasteiger partial charge in [0.15, 0.2) is 0 Å². The van der Waals surface area contributed by atoms with E-state index in [9.17, 15) is 4.79 Å². The Kier molecular flexibility index (Phi) is 5.05. The van der Waals surface area contributed by atoms with Gasteiger partial charge in [0.25, 0.3) is 5.91 Å². The molecular formula is C18H22N4O2. The van der Waals surface area contributed by atoms with Gasteiger partial charge < -0.3 is 15.4 Å². The van der Waals surface area contributed by atoms with Crippen LogP contribution >= 0.6 is 0 Å². The molecule has 0 spiro atoms. The van der Waals surface area contributed by atoms with E-state index in [1.807, 2.05) is 32.0 Å². The fraction of sp³-hybridized carbons (Fsp3) is 0.389. The number of ether oxygens (including phenoxy) is 1. The molecule has 2 heterocycles. The van der Waals surface area contributed by atoms with E-state index in [0.717, 1.165) is 36.3 Å². The van der Waals surface area contributed by atoms with Gasteiger partial charge in [-0.25, -0.2) is 9.97 Å². The van der Waals surface area contributed by atoms with Crippen molar-refractivity contribution < 1.29 is 9.53 Å². The molecule has 24 heavy (non-hydrogen) atoms. The number of hydrogen-bond acceptors (Lipinski definition) is 5. The minimum atomic E-state index is -0.211. The minimum absolute atomic E-state index is 0.114. The van der Waals surface area contributed by atoms with Gasteiger partial charge in [-0.15, -0.1) is 0 Å². The second-order valence-electron chi connectivity index (χ2n) is 6.00. The third-order valence-corrected chi connectivity index (χ3v) is 4.12.